The van der Waals surface area contributed by atoms with Gasteiger partial charge in [0.2, 0.25) is 5.91 Å². The van der Waals surface area contributed by atoms with Crippen LogP contribution in [-0.4, -0.2) is 33.0 Å². The molecule has 2 aliphatic rings. The van der Waals surface area contributed by atoms with Gasteiger partial charge in [0.05, 0.1) is 4.75 Å². The quantitative estimate of drug-likeness (QED) is 0.322. The van der Waals surface area contributed by atoms with Crippen molar-refractivity contribution < 1.29 is 10.0 Å². The number of hydrogen-bond donors (Lipinski definition) is 3. The Morgan fingerprint density at radius 2 is 2.05 bits per heavy atom. The summed E-state index contributed by atoms with van der Waals surface area (Å²) < 4.78 is -0.369. The van der Waals surface area contributed by atoms with Crippen LogP contribution in [0.25, 0.3) is 0 Å². The van der Waals surface area contributed by atoms with Crippen molar-refractivity contribution in [2.45, 2.75) is 62.7 Å². The summed E-state index contributed by atoms with van der Waals surface area (Å²) in [6, 6.07) is 0. The summed E-state index contributed by atoms with van der Waals surface area (Å²) in [5.41, 5.74) is 5.23. The number of nitrogens with zero attached hydrogens (tertiary/aromatic N) is 1. The SMILES string of the molecule is CC1CCC(NC(=O)C2(C)CCCS2)(C(N)=NO)CC1. The van der Waals surface area contributed by atoms with E-state index in [9.17, 15) is 4.79 Å². The lowest BCUT2D eigenvalue weighted by molar-refractivity contribution is -0.124. The summed E-state index contributed by atoms with van der Waals surface area (Å²) in [5.74, 6) is 1.82. The molecule has 0 spiro atoms. The molecule has 20 heavy (non-hydrogen) atoms. The van der Waals surface area contributed by atoms with E-state index in [0.29, 0.717) is 5.92 Å². The Morgan fingerprint density at radius 3 is 2.55 bits per heavy atom. The first kappa shape index (κ1) is 15.5. The predicted octanol–water partition coefficient (Wildman–Crippen LogP) is 2.08. The van der Waals surface area contributed by atoms with Gasteiger partial charge < -0.3 is 16.3 Å². The molecule has 0 radical (unpaired) electrons. The normalized spacial score (nSPS) is 38.7. The lowest BCUT2D eigenvalue weighted by atomic mass is 9.76. The van der Waals surface area contributed by atoms with Gasteiger partial charge >= 0.3 is 0 Å². The van der Waals surface area contributed by atoms with Gasteiger partial charge in [0, 0.05) is 0 Å². The first-order valence-corrected chi connectivity index (χ1v) is 8.35. The fourth-order valence-corrected chi connectivity index (χ4v) is 4.31. The number of rotatable bonds is 3. The maximum Gasteiger partial charge on any atom is 0.236 e. The Balaban J connectivity index is 2.14. The van der Waals surface area contributed by atoms with Crippen molar-refractivity contribution in [1.82, 2.24) is 5.32 Å². The molecule has 1 saturated heterocycles. The van der Waals surface area contributed by atoms with Gasteiger partial charge in [-0.3, -0.25) is 4.79 Å². The lowest BCUT2D eigenvalue weighted by Crippen LogP contribution is -2.62. The highest BCUT2D eigenvalue weighted by molar-refractivity contribution is 8.01. The second-order valence-electron chi connectivity index (χ2n) is 6.39. The number of nitrogens with one attached hydrogen (secondary N) is 1. The summed E-state index contributed by atoms with van der Waals surface area (Å²) in [6.45, 7) is 4.19. The third kappa shape index (κ3) is 2.90. The van der Waals surface area contributed by atoms with E-state index in [1.54, 1.807) is 11.8 Å². The van der Waals surface area contributed by atoms with Crippen molar-refractivity contribution in [3.8, 4) is 0 Å². The molecule has 5 nitrogen and oxygen atoms in total. The molecule has 114 valence electrons. The van der Waals surface area contributed by atoms with Crippen molar-refractivity contribution in [3.05, 3.63) is 0 Å². The van der Waals surface area contributed by atoms with Crippen LogP contribution in [0.5, 0.6) is 0 Å². The Labute approximate surface area is 124 Å². The molecule has 0 aromatic heterocycles. The molecule has 0 aromatic rings. The van der Waals surface area contributed by atoms with Gasteiger partial charge in [-0.25, -0.2) is 0 Å². The van der Waals surface area contributed by atoms with Crippen molar-refractivity contribution in [2.24, 2.45) is 16.8 Å². The number of carbonyl (C=O) groups excluding carboxylic acids is 1. The summed E-state index contributed by atoms with van der Waals surface area (Å²) in [6.07, 6.45) is 5.43. The molecular weight excluding hydrogens is 274 g/mol. The molecule has 1 heterocycles. The number of hydrogen-bond acceptors (Lipinski definition) is 4. The maximum atomic E-state index is 12.6. The predicted molar refractivity (Wildman–Crippen MR) is 82.0 cm³/mol. The number of carbonyl (C=O) groups is 1. The van der Waals surface area contributed by atoms with Crippen molar-refractivity contribution in [2.75, 3.05) is 5.75 Å². The number of thioether (sulfide) groups is 1. The van der Waals surface area contributed by atoms with Gasteiger partial charge in [0.1, 0.15) is 5.54 Å². The van der Waals surface area contributed by atoms with E-state index < -0.39 is 5.54 Å². The van der Waals surface area contributed by atoms with Crippen molar-refractivity contribution in [3.63, 3.8) is 0 Å². The molecule has 6 heteroatoms. The molecule has 2 fully saturated rings. The van der Waals surface area contributed by atoms with Crippen LogP contribution in [0.2, 0.25) is 0 Å². The first-order chi connectivity index (χ1) is 9.42. The zero-order valence-corrected chi connectivity index (χ0v) is 13.1. The largest absolute Gasteiger partial charge is 0.409 e. The van der Waals surface area contributed by atoms with Gasteiger partial charge in [-0.2, -0.15) is 0 Å². The maximum absolute atomic E-state index is 12.6. The van der Waals surface area contributed by atoms with Crippen LogP contribution < -0.4 is 11.1 Å². The van der Waals surface area contributed by atoms with Crippen LogP contribution >= 0.6 is 11.8 Å². The number of amidine groups is 1. The third-order valence-corrected chi connectivity index (χ3v) is 6.30. The van der Waals surface area contributed by atoms with E-state index in [1.165, 1.54) is 0 Å². The van der Waals surface area contributed by atoms with E-state index in [4.69, 9.17) is 10.9 Å². The molecule has 0 aromatic carbocycles. The topological polar surface area (TPSA) is 87.7 Å². The third-order valence-electron chi connectivity index (χ3n) is 4.78. The van der Waals surface area contributed by atoms with Crippen LogP contribution in [0.15, 0.2) is 5.16 Å². The molecule has 0 bridgehead atoms. The van der Waals surface area contributed by atoms with Crippen LogP contribution in [0.4, 0.5) is 0 Å². The Bertz CT molecular complexity index is 397. The highest BCUT2D eigenvalue weighted by Crippen LogP contribution is 2.39. The Hall–Kier alpha value is -0.910. The standard InChI is InChI=1S/C14H25N3O2S/c1-10-4-7-14(8-5-10,11(15)17-19)16-12(18)13(2)6-3-9-20-13/h10,19H,3-9H2,1-2H3,(H2,15,17)(H,16,18). The fourth-order valence-electron chi connectivity index (χ4n) is 3.10. The van der Waals surface area contributed by atoms with Crippen LogP contribution in [0.3, 0.4) is 0 Å². The zero-order chi connectivity index (χ0) is 14.8. The minimum atomic E-state index is -0.662. The molecule has 1 saturated carbocycles. The second kappa shape index (κ2) is 5.84. The highest BCUT2D eigenvalue weighted by atomic mass is 32.2. The van der Waals surface area contributed by atoms with Crippen molar-refractivity contribution >= 4 is 23.5 Å². The van der Waals surface area contributed by atoms with E-state index in [0.717, 1.165) is 44.3 Å². The zero-order valence-electron chi connectivity index (χ0n) is 12.3. The van der Waals surface area contributed by atoms with Gasteiger partial charge in [-0.05, 0) is 57.1 Å². The lowest BCUT2D eigenvalue weighted by Gasteiger charge is -2.40. The van der Waals surface area contributed by atoms with E-state index in [2.05, 4.69) is 17.4 Å². The molecule has 4 N–H and O–H groups in total. The van der Waals surface area contributed by atoms with Gasteiger partial charge in [-0.15, -0.1) is 11.8 Å². The van der Waals surface area contributed by atoms with Crippen LogP contribution in [0.1, 0.15) is 52.4 Å². The smallest absolute Gasteiger partial charge is 0.236 e. The molecule has 1 unspecified atom stereocenters. The summed E-state index contributed by atoms with van der Waals surface area (Å²) >= 11 is 1.70. The average Bonchev–Trinajstić information content (AvgIpc) is 2.89. The molecule has 2 rings (SSSR count). The molecule has 1 amide bonds. The second-order valence-corrected chi connectivity index (χ2v) is 7.98. The number of nitrogens with two attached hydrogens (primary N) is 1. The number of amides is 1. The molecular formula is C14H25N3O2S. The number of oxime groups is 1. The first-order valence-electron chi connectivity index (χ1n) is 7.36. The molecule has 1 aliphatic heterocycles. The minimum Gasteiger partial charge on any atom is -0.409 e. The molecule has 1 aliphatic carbocycles. The highest BCUT2D eigenvalue weighted by Gasteiger charge is 2.45. The minimum absolute atomic E-state index is 0.0288. The average molecular weight is 299 g/mol. The van der Waals surface area contributed by atoms with Gasteiger partial charge in [0.15, 0.2) is 5.84 Å². The Kier molecular flexibility index (Phi) is 4.52. The van der Waals surface area contributed by atoms with Crippen LogP contribution in [-0.2, 0) is 4.79 Å². The van der Waals surface area contributed by atoms with Crippen LogP contribution in [0, 0.1) is 5.92 Å². The van der Waals surface area contributed by atoms with E-state index >= 15 is 0 Å². The van der Waals surface area contributed by atoms with Gasteiger partial charge in [0.25, 0.3) is 0 Å². The van der Waals surface area contributed by atoms with Crippen molar-refractivity contribution in [1.29, 1.82) is 0 Å². The monoisotopic (exact) mass is 299 g/mol. The molecule has 1 atom stereocenters. The Morgan fingerprint density at radius 1 is 1.40 bits per heavy atom. The van der Waals surface area contributed by atoms with Gasteiger partial charge in [-0.1, -0.05) is 12.1 Å². The summed E-state index contributed by atoms with van der Waals surface area (Å²) in [7, 11) is 0. The van der Waals surface area contributed by atoms with E-state index in [1.807, 2.05) is 6.92 Å². The summed E-state index contributed by atoms with van der Waals surface area (Å²) in [5, 5.41) is 15.4. The summed E-state index contributed by atoms with van der Waals surface area (Å²) in [4.78, 5) is 12.6. The fraction of sp³-hybridized carbons (Fsp3) is 0.857. The van der Waals surface area contributed by atoms with E-state index in [-0.39, 0.29) is 16.5 Å².